The van der Waals surface area contributed by atoms with Crippen LogP contribution in [-0.4, -0.2) is 20.9 Å². The van der Waals surface area contributed by atoms with Gasteiger partial charge in [-0.25, -0.2) is 16.8 Å². The molecule has 1 radical (unpaired) electrons. The molecule has 0 aliphatic carbocycles. The molecule has 0 aromatic carbocycles. The van der Waals surface area contributed by atoms with Crippen LogP contribution < -0.4 is 0 Å². The zero-order valence-corrected chi connectivity index (χ0v) is 6.52. The molecule has 55 valence electrons. The van der Waals surface area contributed by atoms with E-state index >= 15 is 0 Å². The van der Waals surface area contributed by atoms with Gasteiger partial charge in [0, 0.05) is 0 Å². The summed E-state index contributed by atoms with van der Waals surface area (Å²) >= 11 is 0. The fraction of sp³-hybridized carbons (Fsp3) is 0.667. The second kappa shape index (κ2) is 2.66. The highest BCUT2D eigenvalue weighted by atomic mass is 32.2. The molecule has 0 atom stereocenters. The largest absolute Gasteiger partial charge is 0.230 e. The molecule has 0 amide bonds. The van der Waals surface area contributed by atoms with Crippen molar-refractivity contribution in [2.75, 3.05) is 0 Å². The molecule has 0 N–H and O–H groups in total. The van der Waals surface area contributed by atoms with Crippen molar-refractivity contribution in [1.29, 1.82) is 0 Å². The van der Waals surface area contributed by atoms with Crippen molar-refractivity contribution in [3.63, 3.8) is 0 Å². The van der Waals surface area contributed by atoms with E-state index in [0.29, 0.717) is 0 Å². The lowest BCUT2D eigenvalue weighted by atomic mass is 10.5. The highest BCUT2D eigenvalue weighted by Crippen LogP contribution is 2.05. The zero-order chi connectivity index (χ0) is 7.65. The highest BCUT2D eigenvalue weighted by Gasteiger charge is 2.24. The Morgan fingerprint density at radius 3 is 1.33 bits per heavy atom. The lowest BCUT2D eigenvalue weighted by Crippen LogP contribution is -2.23. The van der Waals surface area contributed by atoms with Gasteiger partial charge in [-0.1, -0.05) is 0 Å². The third-order valence-corrected chi connectivity index (χ3v) is 3.34. The maximum Gasteiger partial charge on any atom is 0.165 e. The van der Waals surface area contributed by atoms with E-state index < -0.39 is 25.5 Å². The van der Waals surface area contributed by atoms with Gasteiger partial charge in [0.1, 0.15) is 0 Å². The molecule has 0 aliphatic rings. The summed E-state index contributed by atoms with van der Waals surface area (Å²) in [5.74, 6) is 0. The normalized spacial score (nSPS) is 12.9. The summed E-state index contributed by atoms with van der Waals surface area (Å²) in [6.45, 7) is 4.01. The van der Waals surface area contributed by atoms with Crippen LogP contribution in [-0.2, 0) is 21.4 Å². The molecule has 6 heteroatoms. The first-order chi connectivity index (χ1) is 3.89. The fourth-order valence-corrected chi connectivity index (χ4v) is 0.600. The Labute approximate surface area is 56.8 Å². The van der Waals surface area contributed by atoms with Gasteiger partial charge in [0.2, 0.25) is 0 Å². The Hall–Kier alpha value is -0.100. The average Bonchev–Trinajstić information content (AvgIpc) is 1.65. The molecule has 0 aromatic heterocycles. The molecule has 0 aliphatic heterocycles. The van der Waals surface area contributed by atoms with Crippen molar-refractivity contribution in [3.8, 4) is 0 Å². The standard InChI is InChI=1S/C3H7O4S2/c1-3(2,8(4)5)9(6)7/h8-9H,1H2,2H3. The topological polar surface area (TPSA) is 68.3 Å². The van der Waals surface area contributed by atoms with Crippen LogP contribution in [0.15, 0.2) is 0 Å². The van der Waals surface area contributed by atoms with E-state index in [-0.39, 0.29) is 0 Å². The van der Waals surface area contributed by atoms with Gasteiger partial charge in [-0.2, -0.15) is 0 Å². The molecule has 0 aromatic rings. The van der Waals surface area contributed by atoms with Gasteiger partial charge in [-0.05, 0) is 13.8 Å². The van der Waals surface area contributed by atoms with Crippen molar-refractivity contribution in [2.24, 2.45) is 0 Å². The van der Waals surface area contributed by atoms with Crippen LogP contribution in [0.1, 0.15) is 6.92 Å². The molecule has 0 unspecified atom stereocenters. The van der Waals surface area contributed by atoms with Crippen molar-refractivity contribution in [2.45, 2.75) is 11.0 Å². The molecule has 0 fully saturated rings. The van der Waals surface area contributed by atoms with E-state index in [4.69, 9.17) is 0 Å². The number of hydrogen-bond donors (Lipinski definition) is 2. The third kappa shape index (κ3) is 1.94. The minimum absolute atomic E-state index is 1.03. The summed E-state index contributed by atoms with van der Waals surface area (Å²) in [4.78, 5) is 0. The van der Waals surface area contributed by atoms with Gasteiger partial charge in [-0.15, -0.1) is 0 Å². The van der Waals surface area contributed by atoms with Crippen molar-refractivity contribution < 1.29 is 16.8 Å². The second-order valence-corrected chi connectivity index (χ2v) is 5.09. The van der Waals surface area contributed by atoms with Gasteiger partial charge < -0.3 is 0 Å². The Morgan fingerprint density at radius 2 is 1.33 bits per heavy atom. The molecule has 0 heterocycles. The summed E-state index contributed by atoms with van der Waals surface area (Å²) in [5, 5.41) is 0. The van der Waals surface area contributed by atoms with Gasteiger partial charge in [0.05, 0.1) is 0 Å². The van der Waals surface area contributed by atoms with Gasteiger partial charge in [0.15, 0.2) is 25.5 Å². The Morgan fingerprint density at radius 1 is 1.11 bits per heavy atom. The molecule has 0 spiro atoms. The van der Waals surface area contributed by atoms with Gasteiger partial charge >= 0.3 is 0 Å². The number of rotatable bonds is 2. The molecule has 9 heavy (non-hydrogen) atoms. The Bertz CT molecular complexity index is 194. The van der Waals surface area contributed by atoms with Gasteiger partial charge in [-0.3, -0.25) is 0 Å². The van der Waals surface area contributed by atoms with Gasteiger partial charge in [0.25, 0.3) is 0 Å². The third-order valence-electron chi connectivity index (χ3n) is 0.787. The monoisotopic (exact) mass is 171 g/mol. The maximum atomic E-state index is 10.1. The maximum absolute atomic E-state index is 10.1. The fourth-order valence-electron chi connectivity index (χ4n) is 0.0667. The van der Waals surface area contributed by atoms with E-state index in [9.17, 15) is 16.8 Å². The predicted molar refractivity (Wildman–Crippen MR) is 34.4 cm³/mol. The molecular weight excluding hydrogens is 164 g/mol. The van der Waals surface area contributed by atoms with Crippen molar-refractivity contribution >= 4 is 21.4 Å². The van der Waals surface area contributed by atoms with Crippen LogP contribution in [0.4, 0.5) is 0 Å². The summed E-state index contributed by atoms with van der Waals surface area (Å²) < 4.78 is 38.4. The average molecular weight is 171 g/mol. The van der Waals surface area contributed by atoms with E-state index in [2.05, 4.69) is 6.92 Å². The molecule has 4 nitrogen and oxygen atoms in total. The van der Waals surface area contributed by atoms with Crippen molar-refractivity contribution in [3.05, 3.63) is 6.92 Å². The van der Waals surface area contributed by atoms with E-state index in [0.717, 1.165) is 6.92 Å². The van der Waals surface area contributed by atoms with Crippen LogP contribution >= 0.6 is 0 Å². The van der Waals surface area contributed by atoms with Crippen molar-refractivity contribution in [1.82, 2.24) is 0 Å². The van der Waals surface area contributed by atoms with Crippen LogP contribution in [0.25, 0.3) is 0 Å². The minimum atomic E-state index is -2.99. The Balaban J connectivity index is 4.82. The summed E-state index contributed by atoms with van der Waals surface area (Å²) in [6.07, 6.45) is 0. The SMILES string of the molecule is [CH2]C(C)([SH](=O)=O)[SH](=O)=O. The second-order valence-electron chi connectivity index (χ2n) is 1.73. The lowest BCUT2D eigenvalue weighted by Gasteiger charge is -2.04. The molecule has 0 saturated carbocycles. The number of hydrogen-bond acceptors (Lipinski definition) is 4. The number of thiol groups is 2. The first-order valence-electron chi connectivity index (χ1n) is 2.03. The quantitative estimate of drug-likeness (QED) is 0.510. The zero-order valence-electron chi connectivity index (χ0n) is 4.73. The first-order valence-corrected chi connectivity index (χ1v) is 4.39. The molecular formula is C3H7O4S2. The van der Waals surface area contributed by atoms with E-state index in [1.807, 2.05) is 0 Å². The summed E-state index contributed by atoms with van der Waals surface area (Å²) in [7, 11) is -5.98. The van der Waals surface area contributed by atoms with E-state index in [1.165, 1.54) is 0 Å². The highest BCUT2D eigenvalue weighted by molar-refractivity contribution is 7.92. The van der Waals surface area contributed by atoms with E-state index in [1.54, 1.807) is 0 Å². The first kappa shape index (κ1) is 8.90. The Kier molecular flexibility index (Phi) is 2.63. The molecule has 0 saturated heterocycles. The van der Waals surface area contributed by atoms with Crippen LogP contribution in [0, 0.1) is 6.92 Å². The van der Waals surface area contributed by atoms with Crippen LogP contribution in [0.5, 0.6) is 0 Å². The van der Waals surface area contributed by atoms with Crippen LogP contribution in [0.3, 0.4) is 0 Å². The smallest absolute Gasteiger partial charge is 0.165 e. The summed E-state index contributed by atoms with van der Waals surface area (Å²) in [6, 6.07) is 0. The lowest BCUT2D eigenvalue weighted by molar-refractivity contribution is 0.587. The molecule has 0 bridgehead atoms. The minimum Gasteiger partial charge on any atom is -0.230 e. The summed E-state index contributed by atoms with van der Waals surface area (Å²) in [5.41, 5.74) is 0. The molecule has 0 rings (SSSR count). The van der Waals surface area contributed by atoms with Crippen LogP contribution in [0.2, 0.25) is 0 Å². The predicted octanol–water partition coefficient (Wildman–Crippen LogP) is -1.24.